The Bertz CT molecular complexity index is 1200. The lowest BCUT2D eigenvalue weighted by Gasteiger charge is -2.10. The minimum atomic E-state index is -0.643. The molecule has 3 rings (SSSR count). The molecule has 8 heteroatoms. The highest BCUT2D eigenvalue weighted by Crippen LogP contribution is 2.25. The molecule has 3 aromatic carbocycles. The summed E-state index contributed by atoms with van der Waals surface area (Å²) in [7, 11) is 0. The number of rotatable bonds is 9. The highest BCUT2D eigenvalue weighted by Gasteiger charge is 2.12. The first-order valence-electron chi connectivity index (χ1n) is 11.1. The second-order valence-electron chi connectivity index (χ2n) is 8.17. The van der Waals surface area contributed by atoms with Crippen LogP contribution in [-0.2, 0) is 19.1 Å². The zero-order chi connectivity index (χ0) is 25.4. The van der Waals surface area contributed by atoms with Crippen LogP contribution in [-0.4, -0.2) is 24.4 Å². The lowest BCUT2D eigenvalue weighted by molar-refractivity contribution is -0.147. The van der Waals surface area contributed by atoms with E-state index in [2.05, 4.69) is 16.7 Å². The van der Waals surface area contributed by atoms with Gasteiger partial charge in [-0.05, 0) is 86.0 Å². The molecule has 2 N–H and O–H groups in total. The second-order valence-corrected chi connectivity index (χ2v) is 8.60. The Morgan fingerprint density at radius 2 is 1.46 bits per heavy atom. The number of aryl methyl sites for hydroxylation is 3. The fourth-order valence-electron chi connectivity index (χ4n) is 3.31. The van der Waals surface area contributed by atoms with Gasteiger partial charge in [0.2, 0.25) is 5.91 Å². The summed E-state index contributed by atoms with van der Waals surface area (Å²) in [5.74, 6) is -0.0902. The minimum absolute atomic E-state index is 0.0747. The van der Waals surface area contributed by atoms with Crippen LogP contribution in [0.1, 0.15) is 29.5 Å². The number of ether oxygens (including phenoxy) is 2. The Morgan fingerprint density at radius 3 is 2.14 bits per heavy atom. The summed E-state index contributed by atoms with van der Waals surface area (Å²) >= 11 is 5.93. The lowest BCUT2D eigenvalue weighted by atomic mass is 10.1. The molecular weight excluding hydrogens is 468 g/mol. The van der Waals surface area contributed by atoms with E-state index in [1.165, 1.54) is 0 Å². The van der Waals surface area contributed by atoms with E-state index in [1.807, 2.05) is 32.9 Å². The van der Waals surface area contributed by atoms with Crippen LogP contribution in [0.2, 0.25) is 5.02 Å². The number of anilines is 2. The molecule has 0 spiro atoms. The van der Waals surface area contributed by atoms with Gasteiger partial charge in [0, 0.05) is 22.8 Å². The highest BCUT2D eigenvalue weighted by molar-refractivity contribution is 6.31. The molecule has 35 heavy (non-hydrogen) atoms. The van der Waals surface area contributed by atoms with E-state index in [9.17, 15) is 14.4 Å². The van der Waals surface area contributed by atoms with E-state index in [0.717, 1.165) is 22.4 Å². The molecule has 0 bridgehead atoms. The quantitative estimate of drug-likeness (QED) is 0.358. The number of amides is 2. The van der Waals surface area contributed by atoms with Crippen LogP contribution < -0.4 is 15.4 Å². The van der Waals surface area contributed by atoms with E-state index in [4.69, 9.17) is 21.1 Å². The zero-order valence-corrected chi connectivity index (χ0v) is 20.6. The van der Waals surface area contributed by atoms with Crippen LogP contribution in [0.25, 0.3) is 0 Å². The van der Waals surface area contributed by atoms with E-state index in [1.54, 1.807) is 42.5 Å². The average Bonchev–Trinajstić information content (AvgIpc) is 2.79. The van der Waals surface area contributed by atoms with Crippen molar-refractivity contribution in [2.45, 2.75) is 33.6 Å². The monoisotopic (exact) mass is 494 g/mol. The number of carbonyl (C=O) groups is 3. The smallest absolute Gasteiger partial charge is 0.306 e. The van der Waals surface area contributed by atoms with Crippen molar-refractivity contribution in [1.29, 1.82) is 0 Å². The second kappa shape index (κ2) is 12.0. The normalized spacial score (nSPS) is 10.4. The molecule has 0 aliphatic heterocycles. The van der Waals surface area contributed by atoms with Gasteiger partial charge in [0.1, 0.15) is 11.5 Å². The highest BCUT2D eigenvalue weighted by atomic mass is 35.5. The van der Waals surface area contributed by atoms with Crippen molar-refractivity contribution in [2.75, 3.05) is 17.2 Å². The maximum absolute atomic E-state index is 12.2. The Hall–Kier alpha value is -3.84. The van der Waals surface area contributed by atoms with Crippen LogP contribution >= 0.6 is 11.6 Å². The van der Waals surface area contributed by atoms with Gasteiger partial charge in [0.05, 0.1) is 6.42 Å². The van der Waals surface area contributed by atoms with Gasteiger partial charge in [-0.15, -0.1) is 0 Å². The minimum Gasteiger partial charge on any atom is -0.457 e. The molecule has 0 aliphatic carbocycles. The molecule has 0 radical (unpaired) electrons. The third-order valence-corrected chi connectivity index (χ3v) is 5.20. The average molecular weight is 495 g/mol. The van der Waals surface area contributed by atoms with Crippen LogP contribution in [0, 0.1) is 20.8 Å². The number of benzene rings is 3. The molecule has 0 atom stereocenters. The van der Waals surface area contributed by atoms with Gasteiger partial charge in [0.25, 0.3) is 5.91 Å². The van der Waals surface area contributed by atoms with Gasteiger partial charge in [0.15, 0.2) is 6.61 Å². The maximum Gasteiger partial charge on any atom is 0.306 e. The molecule has 0 saturated carbocycles. The first-order chi connectivity index (χ1) is 16.7. The summed E-state index contributed by atoms with van der Waals surface area (Å²) < 4.78 is 10.8. The summed E-state index contributed by atoms with van der Waals surface area (Å²) in [5, 5.41) is 5.84. The van der Waals surface area contributed by atoms with Gasteiger partial charge in [-0.25, -0.2) is 0 Å². The van der Waals surface area contributed by atoms with E-state index in [0.29, 0.717) is 22.1 Å². The molecule has 0 fully saturated rings. The van der Waals surface area contributed by atoms with Gasteiger partial charge in [-0.3, -0.25) is 14.4 Å². The molecule has 2 amide bonds. The first kappa shape index (κ1) is 25.8. The number of halogens is 1. The summed E-state index contributed by atoms with van der Waals surface area (Å²) in [6, 6.07) is 18.0. The number of esters is 1. The predicted molar refractivity (Wildman–Crippen MR) is 136 cm³/mol. The first-order valence-corrected chi connectivity index (χ1v) is 11.4. The Kier molecular flexibility index (Phi) is 8.86. The summed E-state index contributed by atoms with van der Waals surface area (Å²) in [4.78, 5) is 36.1. The molecule has 3 aromatic rings. The van der Waals surface area contributed by atoms with Gasteiger partial charge in [-0.2, -0.15) is 0 Å². The van der Waals surface area contributed by atoms with Crippen molar-refractivity contribution in [3.05, 3.63) is 82.4 Å². The Morgan fingerprint density at radius 1 is 0.771 bits per heavy atom. The molecule has 7 nitrogen and oxygen atoms in total. The van der Waals surface area contributed by atoms with E-state index in [-0.39, 0.29) is 18.7 Å². The van der Waals surface area contributed by atoms with Crippen molar-refractivity contribution < 1.29 is 23.9 Å². The molecule has 0 aliphatic rings. The van der Waals surface area contributed by atoms with Crippen molar-refractivity contribution in [3.8, 4) is 11.5 Å². The number of hydrogen-bond acceptors (Lipinski definition) is 5. The van der Waals surface area contributed by atoms with Gasteiger partial charge in [-0.1, -0.05) is 23.7 Å². The van der Waals surface area contributed by atoms with Crippen LogP contribution in [0.5, 0.6) is 11.5 Å². The largest absolute Gasteiger partial charge is 0.457 e. The van der Waals surface area contributed by atoms with Crippen LogP contribution in [0.4, 0.5) is 11.4 Å². The van der Waals surface area contributed by atoms with Crippen LogP contribution in [0.15, 0.2) is 60.7 Å². The predicted octanol–water partition coefficient (Wildman–Crippen LogP) is 5.96. The lowest BCUT2D eigenvalue weighted by Crippen LogP contribution is -2.22. The summed E-state index contributed by atoms with van der Waals surface area (Å²) in [5.41, 5.74) is 4.17. The molecule has 0 aromatic heterocycles. The SMILES string of the molecule is Cc1cc(C)cc(Oc2ccc(NC(=O)CCC(=O)OCC(=O)Nc3cc(Cl)ccc3C)cc2)c1. The van der Waals surface area contributed by atoms with E-state index < -0.39 is 18.5 Å². The standard InChI is InChI=1S/C27H27ClN2O5/c1-17-12-18(2)14-23(13-17)35-22-8-6-21(7-9-22)29-25(31)10-11-27(33)34-16-26(32)30-24-15-20(28)5-4-19(24)3/h4-9,12-15H,10-11,16H2,1-3H3,(H,29,31)(H,30,32). The van der Waals surface area contributed by atoms with Crippen molar-refractivity contribution >= 4 is 40.8 Å². The number of hydrogen-bond donors (Lipinski definition) is 2. The van der Waals surface area contributed by atoms with Crippen LogP contribution in [0.3, 0.4) is 0 Å². The van der Waals surface area contributed by atoms with E-state index >= 15 is 0 Å². The molecule has 0 saturated heterocycles. The van der Waals surface area contributed by atoms with Crippen molar-refractivity contribution in [2.24, 2.45) is 0 Å². The molecule has 0 unspecified atom stereocenters. The molecule has 182 valence electrons. The Balaban J connectivity index is 1.39. The zero-order valence-electron chi connectivity index (χ0n) is 19.8. The van der Waals surface area contributed by atoms with Gasteiger partial charge >= 0.3 is 5.97 Å². The van der Waals surface area contributed by atoms with Crippen molar-refractivity contribution in [3.63, 3.8) is 0 Å². The molecule has 0 heterocycles. The van der Waals surface area contributed by atoms with Gasteiger partial charge < -0.3 is 20.1 Å². The maximum atomic E-state index is 12.2. The number of nitrogens with one attached hydrogen (secondary N) is 2. The summed E-state index contributed by atoms with van der Waals surface area (Å²) in [6.07, 6.45) is -0.224. The third-order valence-electron chi connectivity index (χ3n) is 4.96. The summed E-state index contributed by atoms with van der Waals surface area (Å²) in [6.45, 7) is 5.38. The molecular formula is C27H27ClN2O5. The topological polar surface area (TPSA) is 93.7 Å². The Labute approximate surface area is 209 Å². The van der Waals surface area contributed by atoms with Crippen molar-refractivity contribution in [1.82, 2.24) is 0 Å². The number of carbonyl (C=O) groups excluding carboxylic acids is 3. The fraction of sp³-hybridized carbons (Fsp3) is 0.222. The third kappa shape index (κ3) is 8.46. The fourth-order valence-corrected chi connectivity index (χ4v) is 3.48.